The molecule has 138 valence electrons. The van der Waals surface area contributed by atoms with Crippen molar-refractivity contribution < 1.29 is 23.1 Å². The van der Waals surface area contributed by atoms with E-state index in [9.17, 15) is 18.4 Å². The van der Waals surface area contributed by atoms with Crippen LogP contribution in [-0.4, -0.2) is 36.4 Å². The third-order valence-corrected chi connectivity index (χ3v) is 3.90. The zero-order valence-corrected chi connectivity index (χ0v) is 14.5. The molecule has 2 aromatic rings. The third kappa shape index (κ3) is 4.78. The van der Waals surface area contributed by atoms with Gasteiger partial charge in [0.2, 0.25) is 5.91 Å². The first-order valence-corrected chi connectivity index (χ1v) is 8.05. The monoisotopic (exact) mass is 362 g/mol. The fraction of sp³-hybridized carbons (Fsp3) is 0.263. The van der Waals surface area contributed by atoms with E-state index < -0.39 is 36.1 Å². The summed E-state index contributed by atoms with van der Waals surface area (Å²) in [5, 5.41) is 2.46. The number of nitrogens with zero attached hydrogens (tertiary/aromatic N) is 1. The van der Waals surface area contributed by atoms with Gasteiger partial charge in [0.25, 0.3) is 5.91 Å². The molecule has 1 atom stereocenters. The minimum absolute atomic E-state index is 0.0701. The molecule has 0 saturated carbocycles. The Morgan fingerprint density at radius 2 is 1.69 bits per heavy atom. The molecule has 0 aliphatic carbocycles. The minimum atomic E-state index is -0.851. The van der Waals surface area contributed by atoms with Crippen molar-refractivity contribution in [2.45, 2.75) is 19.5 Å². The van der Waals surface area contributed by atoms with Gasteiger partial charge in [-0.2, -0.15) is 0 Å². The number of carbonyl (C=O) groups is 2. The van der Waals surface area contributed by atoms with Gasteiger partial charge in [-0.3, -0.25) is 9.59 Å². The number of hydrogen-bond acceptors (Lipinski definition) is 3. The SMILES string of the molecule is CNC(=O)C(C)N(Cc1ccccc1F)C(=O)COc1ccccc1F. The Balaban J connectivity index is 2.17. The molecule has 2 rings (SSSR count). The van der Waals surface area contributed by atoms with Gasteiger partial charge >= 0.3 is 0 Å². The predicted molar refractivity (Wildman–Crippen MR) is 92.4 cm³/mol. The Bertz CT molecular complexity index is 783. The zero-order chi connectivity index (χ0) is 19.1. The second-order valence-electron chi connectivity index (χ2n) is 5.62. The van der Waals surface area contributed by atoms with E-state index in [1.807, 2.05) is 0 Å². The number of hydrogen-bond donors (Lipinski definition) is 1. The summed E-state index contributed by atoms with van der Waals surface area (Å²) >= 11 is 0. The number of rotatable bonds is 7. The van der Waals surface area contributed by atoms with E-state index in [0.717, 1.165) is 0 Å². The number of benzene rings is 2. The van der Waals surface area contributed by atoms with Crippen molar-refractivity contribution in [1.82, 2.24) is 10.2 Å². The summed E-state index contributed by atoms with van der Waals surface area (Å²) < 4.78 is 32.8. The van der Waals surface area contributed by atoms with E-state index in [1.54, 1.807) is 12.1 Å². The number of likely N-dealkylation sites (N-methyl/N-ethyl adjacent to an activating group) is 1. The van der Waals surface area contributed by atoms with Gasteiger partial charge in [0.15, 0.2) is 18.2 Å². The fourth-order valence-electron chi connectivity index (χ4n) is 2.39. The summed E-state index contributed by atoms with van der Waals surface area (Å²) in [6.07, 6.45) is 0. The molecular weight excluding hydrogens is 342 g/mol. The van der Waals surface area contributed by atoms with Crippen LogP contribution in [0.5, 0.6) is 5.75 Å². The van der Waals surface area contributed by atoms with Crippen molar-refractivity contribution in [3.8, 4) is 5.75 Å². The molecule has 7 heteroatoms. The number of carbonyl (C=O) groups excluding carboxylic acids is 2. The second-order valence-corrected chi connectivity index (χ2v) is 5.62. The van der Waals surface area contributed by atoms with Crippen molar-refractivity contribution in [1.29, 1.82) is 0 Å². The first-order valence-electron chi connectivity index (χ1n) is 8.05. The van der Waals surface area contributed by atoms with Gasteiger partial charge < -0.3 is 15.0 Å². The molecular formula is C19H20F2N2O3. The van der Waals surface area contributed by atoms with E-state index in [0.29, 0.717) is 0 Å². The van der Waals surface area contributed by atoms with E-state index in [-0.39, 0.29) is 17.9 Å². The highest BCUT2D eigenvalue weighted by Gasteiger charge is 2.26. The highest BCUT2D eigenvalue weighted by atomic mass is 19.1. The van der Waals surface area contributed by atoms with E-state index in [2.05, 4.69) is 5.32 Å². The van der Waals surface area contributed by atoms with Gasteiger partial charge in [0.05, 0.1) is 0 Å². The van der Waals surface area contributed by atoms with Gasteiger partial charge in [-0.05, 0) is 25.1 Å². The van der Waals surface area contributed by atoms with Gasteiger partial charge in [-0.15, -0.1) is 0 Å². The summed E-state index contributed by atoms with van der Waals surface area (Å²) in [6.45, 7) is 0.943. The Morgan fingerprint density at radius 3 is 2.31 bits per heavy atom. The van der Waals surface area contributed by atoms with Crippen molar-refractivity contribution in [3.63, 3.8) is 0 Å². The second kappa shape index (κ2) is 8.94. The zero-order valence-electron chi connectivity index (χ0n) is 14.5. The van der Waals surface area contributed by atoms with Crippen LogP contribution in [0, 0.1) is 11.6 Å². The molecule has 0 saturated heterocycles. The molecule has 2 aromatic carbocycles. The Labute approximate surface area is 150 Å². The fourth-order valence-corrected chi connectivity index (χ4v) is 2.39. The van der Waals surface area contributed by atoms with Crippen LogP contribution in [0.25, 0.3) is 0 Å². The van der Waals surface area contributed by atoms with Crippen LogP contribution in [0.1, 0.15) is 12.5 Å². The molecule has 0 radical (unpaired) electrons. The smallest absolute Gasteiger partial charge is 0.261 e. The van der Waals surface area contributed by atoms with Crippen LogP contribution >= 0.6 is 0 Å². The average Bonchev–Trinajstić information content (AvgIpc) is 2.65. The number of halogens is 2. The van der Waals surface area contributed by atoms with Gasteiger partial charge in [0, 0.05) is 19.2 Å². The number of amides is 2. The standard InChI is InChI=1S/C19H20F2N2O3/c1-13(19(25)22-2)23(11-14-7-3-4-8-15(14)20)18(24)12-26-17-10-6-5-9-16(17)21/h3-10,13H,11-12H2,1-2H3,(H,22,25). The van der Waals surface area contributed by atoms with Crippen molar-refractivity contribution in [3.05, 3.63) is 65.7 Å². The lowest BCUT2D eigenvalue weighted by Gasteiger charge is -2.28. The lowest BCUT2D eigenvalue weighted by molar-refractivity contribution is -0.142. The highest BCUT2D eigenvalue weighted by Crippen LogP contribution is 2.17. The molecule has 0 aromatic heterocycles. The summed E-state index contributed by atoms with van der Waals surface area (Å²) in [5.41, 5.74) is 0.266. The van der Waals surface area contributed by atoms with Crippen molar-refractivity contribution in [2.75, 3.05) is 13.7 Å². The van der Waals surface area contributed by atoms with Crippen LogP contribution in [0.2, 0.25) is 0 Å². The molecule has 0 heterocycles. The topological polar surface area (TPSA) is 58.6 Å². The molecule has 0 bridgehead atoms. The maximum absolute atomic E-state index is 13.9. The first kappa shape index (κ1) is 19.4. The Morgan fingerprint density at radius 1 is 1.08 bits per heavy atom. The van der Waals surface area contributed by atoms with Crippen LogP contribution in [0.15, 0.2) is 48.5 Å². The van der Waals surface area contributed by atoms with Gasteiger partial charge in [0.1, 0.15) is 11.9 Å². The summed E-state index contributed by atoms with van der Waals surface area (Å²) in [7, 11) is 1.44. The normalized spacial score (nSPS) is 11.5. The molecule has 1 unspecified atom stereocenters. The van der Waals surface area contributed by atoms with Crippen LogP contribution in [0.4, 0.5) is 8.78 Å². The number of ether oxygens (including phenoxy) is 1. The quantitative estimate of drug-likeness (QED) is 0.823. The molecule has 2 amide bonds. The lowest BCUT2D eigenvalue weighted by atomic mass is 10.1. The van der Waals surface area contributed by atoms with Gasteiger partial charge in [-0.25, -0.2) is 8.78 Å². The highest BCUT2D eigenvalue weighted by molar-refractivity contribution is 5.87. The number of nitrogens with one attached hydrogen (secondary N) is 1. The summed E-state index contributed by atoms with van der Waals surface area (Å²) in [4.78, 5) is 25.7. The van der Waals surface area contributed by atoms with Crippen molar-refractivity contribution in [2.24, 2.45) is 0 Å². The van der Waals surface area contributed by atoms with E-state index >= 15 is 0 Å². The minimum Gasteiger partial charge on any atom is -0.481 e. The maximum Gasteiger partial charge on any atom is 0.261 e. The van der Waals surface area contributed by atoms with Gasteiger partial charge in [-0.1, -0.05) is 30.3 Å². The molecule has 0 spiro atoms. The Kier molecular flexibility index (Phi) is 6.66. The summed E-state index contributed by atoms with van der Waals surface area (Å²) in [6, 6.07) is 10.8. The molecule has 26 heavy (non-hydrogen) atoms. The van der Waals surface area contributed by atoms with Crippen LogP contribution in [-0.2, 0) is 16.1 Å². The molecule has 5 nitrogen and oxygen atoms in total. The van der Waals surface area contributed by atoms with Crippen molar-refractivity contribution >= 4 is 11.8 Å². The number of para-hydroxylation sites is 1. The third-order valence-electron chi connectivity index (χ3n) is 3.90. The maximum atomic E-state index is 13.9. The Hall–Kier alpha value is -2.96. The largest absolute Gasteiger partial charge is 0.481 e. The molecule has 0 aliphatic heterocycles. The van der Waals surface area contributed by atoms with Crippen LogP contribution in [0.3, 0.4) is 0 Å². The molecule has 0 aliphatic rings. The van der Waals surface area contributed by atoms with Crippen LogP contribution < -0.4 is 10.1 Å². The predicted octanol–water partition coefficient (Wildman–Crippen LogP) is 2.51. The van der Waals surface area contributed by atoms with E-state index in [4.69, 9.17) is 4.74 Å². The summed E-state index contributed by atoms with van der Waals surface area (Å²) in [5.74, 6) is -2.11. The van der Waals surface area contributed by atoms with E-state index in [1.165, 1.54) is 55.3 Å². The molecule has 0 fully saturated rings. The lowest BCUT2D eigenvalue weighted by Crippen LogP contribution is -2.48. The first-order chi connectivity index (χ1) is 12.4. The molecule has 1 N–H and O–H groups in total. The average molecular weight is 362 g/mol.